The van der Waals surface area contributed by atoms with E-state index in [1.165, 1.54) is 61.3 Å². The third-order valence-electron chi connectivity index (χ3n) is 11.5. The summed E-state index contributed by atoms with van der Waals surface area (Å²) in [5, 5.41) is 2.30. The predicted molar refractivity (Wildman–Crippen MR) is 209 cm³/mol. The summed E-state index contributed by atoms with van der Waals surface area (Å²) in [6, 6.07) is 55.4. The van der Waals surface area contributed by atoms with Gasteiger partial charge in [0.1, 0.15) is 11.2 Å². The maximum atomic E-state index is 6.94. The second kappa shape index (κ2) is 10.3. The highest BCUT2D eigenvalue weighted by Crippen LogP contribution is 2.55. The molecule has 0 radical (unpaired) electrons. The van der Waals surface area contributed by atoms with E-state index in [0.717, 1.165) is 33.3 Å². The fourth-order valence-corrected chi connectivity index (χ4v) is 8.93. The summed E-state index contributed by atoms with van der Waals surface area (Å²) in [4.78, 5) is 2.42. The average Bonchev–Trinajstić information content (AvgIpc) is 3.72. The number of anilines is 3. The Morgan fingerprint density at radius 1 is 0.440 bits per heavy atom. The first-order valence-corrected chi connectivity index (χ1v) is 17.6. The first-order chi connectivity index (χ1) is 24.3. The average molecular weight is 644 g/mol. The van der Waals surface area contributed by atoms with Gasteiger partial charge in [-0.1, -0.05) is 143 Å². The lowest BCUT2D eigenvalue weighted by atomic mass is 9.82. The lowest BCUT2D eigenvalue weighted by Gasteiger charge is -2.29. The van der Waals surface area contributed by atoms with Crippen LogP contribution < -0.4 is 4.90 Å². The molecule has 0 saturated carbocycles. The highest BCUT2D eigenvalue weighted by atomic mass is 16.3. The van der Waals surface area contributed by atoms with Gasteiger partial charge in [-0.2, -0.15) is 0 Å². The lowest BCUT2D eigenvalue weighted by Crippen LogP contribution is -2.16. The smallest absolute Gasteiger partial charge is 0.143 e. The van der Waals surface area contributed by atoms with Gasteiger partial charge in [0.15, 0.2) is 0 Å². The number of nitrogens with zero attached hydrogens (tertiary/aromatic N) is 1. The van der Waals surface area contributed by atoms with Crippen LogP contribution in [0.25, 0.3) is 55.3 Å². The van der Waals surface area contributed by atoms with Crippen LogP contribution in [-0.2, 0) is 10.8 Å². The van der Waals surface area contributed by atoms with Crippen molar-refractivity contribution in [3.63, 3.8) is 0 Å². The van der Waals surface area contributed by atoms with Gasteiger partial charge >= 0.3 is 0 Å². The van der Waals surface area contributed by atoms with Crippen molar-refractivity contribution < 1.29 is 4.42 Å². The first-order valence-electron chi connectivity index (χ1n) is 17.6. The number of furan rings is 1. The number of hydrogen-bond acceptors (Lipinski definition) is 2. The Kier molecular flexibility index (Phi) is 6.01. The van der Waals surface area contributed by atoms with Crippen LogP contribution in [0, 0.1) is 0 Å². The molecule has 0 N–H and O–H groups in total. The zero-order valence-electron chi connectivity index (χ0n) is 28.8. The van der Waals surface area contributed by atoms with Gasteiger partial charge in [0.2, 0.25) is 0 Å². The maximum Gasteiger partial charge on any atom is 0.143 e. The topological polar surface area (TPSA) is 16.4 Å². The molecule has 0 fully saturated rings. The molecule has 0 spiro atoms. The molecule has 2 nitrogen and oxygen atoms in total. The third kappa shape index (κ3) is 3.96. The van der Waals surface area contributed by atoms with E-state index in [2.05, 4.69) is 184 Å². The Morgan fingerprint density at radius 3 is 1.72 bits per heavy atom. The van der Waals surface area contributed by atoms with Crippen molar-refractivity contribution in [3.05, 3.63) is 174 Å². The van der Waals surface area contributed by atoms with Crippen LogP contribution >= 0.6 is 0 Å². The SMILES string of the molecule is CC1(C)c2ccccc2-c2c(N(c3ccc(-c4ccccc4)cc3)c3ccc4c(c3)oc3c5c(ccc34)C(C)(C)c3ccccc3-5)cccc21. The Morgan fingerprint density at radius 2 is 1.00 bits per heavy atom. The van der Waals surface area contributed by atoms with E-state index >= 15 is 0 Å². The van der Waals surface area contributed by atoms with Crippen LogP contribution in [0.1, 0.15) is 49.9 Å². The van der Waals surface area contributed by atoms with Crippen LogP contribution in [0.3, 0.4) is 0 Å². The number of hydrogen-bond donors (Lipinski definition) is 0. The monoisotopic (exact) mass is 643 g/mol. The summed E-state index contributed by atoms with van der Waals surface area (Å²) in [5.74, 6) is 0. The molecule has 1 aromatic heterocycles. The van der Waals surface area contributed by atoms with Crippen molar-refractivity contribution in [1.82, 2.24) is 0 Å². The molecule has 240 valence electrons. The quantitative estimate of drug-likeness (QED) is 0.190. The predicted octanol–water partition coefficient (Wildman–Crippen LogP) is 13.3. The van der Waals surface area contributed by atoms with Crippen LogP contribution in [0.15, 0.2) is 156 Å². The van der Waals surface area contributed by atoms with Gasteiger partial charge in [-0.15, -0.1) is 0 Å². The molecule has 2 heteroatoms. The van der Waals surface area contributed by atoms with Crippen molar-refractivity contribution >= 4 is 39.0 Å². The van der Waals surface area contributed by atoms with Gasteiger partial charge in [-0.25, -0.2) is 0 Å². The van der Waals surface area contributed by atoms with E-state index < -0.39 is 0 Å². The van der Waals surface area contributed by atoms with E-state index in [-0.39, 0.29) is 10.8 Å². The molecular weight excluding hydrogens is 607 g/mol. The van der Waals surface area contributed by atoms with Crippen LogP contribution in [0.5, 0.6) is 0 Å². The zero-order valence-corrected chi connectivity index (χ0v) is 28.8. The molecule has 0 aliphatic heterocycles. The lowest BCUT2D eigenvalue weighted by molar-refractivity contribution is 0.653. The van der Waals surface area contributed by atoms with Gasteiger partial charge in [0.25, 0.3) is 0 Å². The van der Waals surface area contributed by atoms with Crippen LogP contribution in [0.4, 0.5) is 17.1 Å². The molecule has 0 atom stereocenters. The van der Waals surface area contributed by atoms with Crippen molar-refractivity contribution in [2.24, 2.45) is 0 Å². The molecule has 0 unspecified atom stereocenters. The third-order valence-corrected chi connectivity index (χ3v) is 11.5. The van der Waals surface area contributed by atoms with Gasteiger partial charge in [0.05, 0.1) is 5.69 Å². The molecule has 8 aromatic rings. The maximum absolute atomic E-state index is 6.94. The first kappa shape index (κ1) is 29.1. The molecule has 1 heterocycles. The number of fused-ring (bicyclic) bond motifs is 10. The minimum Gasteiger partial charge on any atom is -0.455 e. The van der Waals surface area contributed by atoms with E-state index in [0.29, 0.717) is 0 Å². The summed E-state index contributed by atoms with van der Waals surface area (Å²) >= 11 is 0. The number of benzene rings is 7. The van der Waals surface area contributed by atoms with E-state index in [4.69, 9.17) is 4.42 Å². The molecule has 50 heavy (non-hydrogen) atoms. The molecular formula is C48H37NO. The van der Waals surface area contributed by atoms with Gasteiger partial charge in [-0.05, 0) is 74.8 Å². The van der Waals surface area contributed by atoms with E-state index in [9.17, 15) is 0 Å². The molecule has 0 saturated heterocycles. The van der Waals surface area contributed by atoms with Gasteiger partial charge < -0.3 is 9.32 Å². The van der Waals surface area contributed by atoms with E-state index in [1.807, 2.05) is 0 Å². The summed E-state index contributed by atoms with van der Waals surface area (Å²) in [5.41, 5.74) is 17.9. The summed E-state index contributed by atoms with van der Waals surface area (Å²) in [7, 11) is 0. The summed E-state index contributed by atoms with van der Waals surface area (Å²) in [6.45, 7) is 9.34. The van der Waals surface area contributed by atoms with Crippen molar-refractivity contribution in [1.29, 1.82) is 0 Å². The highest BCUT2D eigenvalue weighted by Gasteiger charge is 2.39. The molecule has 2 aliphatic rings. The van der Waals surface area contributed by atoms with Crippen molar-refractivity contribution in [2.75, 3.05) is 4.90 Å². The highest BCUT2D eigenvalue weighted by molar-refractivity contribution is 6.12. The van der Waals surface area contributed by atoms with Crippen molar-refractivity contribution in [2.45, 2.75) is 38.5 Å². The fraction of sp³-hybridized carbons (Fsp3) is 0.125. The minimum absolute atomic E-state index is 0.0787. The normalized spacial score (nSPS) is 14.7. The molecule has 0 bridgehead atoms. The minimum atomic E-state index is -0.0993. The Hall–Kier alpha value is -5.86. The standard InChI is InChI=1S/C48H37NO/c1-47(2)38-17-10-8-15-36(38)44-40(47)19-12-20-42(44)49(32-23-21-31(22-24-32)30-13-6-5-7-14-30)33-25-26-34-35-27-28-41-45(46(35)50-43(34)29-33)37-16-9-11-18-39(37)48(41,3)4/h5-29H,1-4H3. The molecule has 10 rings (SSSR count). The fourth-order valence-electron chi connectivity index (χ4n) is 8.93. The Labute approximate surface area is 293 Å². The second-order valence-electron chi connectivity index (χ2n) is 14.9. The van der Waals surface area contributed by atoms with Crippen molar-refractivity contribution in [3.8, 4) is 33.4 Å². The Bertz CT molecular complexity index is 2640. The number of rotatable bonds is 4. The molecule has 0 amide bonds. The molecule has 7 aromatic carbocycles. The summed E-state index contributed by atoms with van der Waals surface area (Å²) in [6.07, 6.45) is 0. The zero-order chi connectivity index (χ0) is 33.8. The molecule has 2 aliphatic carbocycles. The summed E-state index contributed by atoms with van der Waals surface area (Å²) < 4.78 is 6.94. The largest absolute Gasteiger partial charge is 0.455 e. The van der Waals surface area contributed by atoms with Gasteiger partial charge in [0, 0.05) is 50.2 Å². The van der Waals surface area contributed by atoms with E-state index in [1.54, 1.807) is 0 Å². The van der Waals surface area contributed by atoms with Gasteiger partial charge in [-0.3, -0.25) is 0 Å². The Balaban J connectivity index is 1.20. The van der Waals surface area contributed by atoms with Crippen LogP contribution in [0.2, 0.25) is 0 Å². The second-order valence-corrected chi connectivity index (χ2v) is 14.9. The van der Waals surface area contributed by atoms with Crippen LogP contribution in [-0.4, -0.2) is 0 Å².